The average Bonchev–Trinajstić information content (AvgIpc) is 2.53. The maximum absolute atomic E-state index is 10.5. The molecule has 2 N–H and O–H groups in total. The molecule has 4 rings (SSSR count). The highest BCUT2D eigenvalue weighted by molar-refractivity contribution is 5.85. The lowest BCUT2D eigenvalue weighted by molar-refractivity contribution is 0.183. The number of halogens is 1. The molecule has 24 heavy (non-hydrogen) atoms. The summed E-state index contributed by atoms with van der Waals surface area (Å²) in [5, 5.41) is 20.4. The number of aryl methyl sites for hydroxylation is 1. The number of hydrogen-bond donors (Lipinski definition) is 2. The topological polar surface area (TPSA) is 43.7 Å². The molecule has 4 heteroatoms. The van der Waals surface area contributed by atoms with E-state index >= 15 is 0 Å². The molecule has 1 aliphatic carbocycles. The quantitative estimate of drug-likeness (QED) is 0.795. The molecule has 1 heterocycles. The van der Waals surface area contributed by atoms with Gasteiger partial charge in [0.15, 0.2) is 11.5 Å². The smallest absolute Gasteiger partial charge is 0.165 e. The Labute approximate surface area is 149 Å². The zero-order valence-corrected chi connectivity index (χ0v) is 15.0. The molecule has 3 nitrogen and oxygen atoms in total. The Morgan fingerprint density at radius 1 is 1.17 bits per heavy atom. The lowest BCUT2D eigenvalue weighted by atomic mass is 9.76. The summed E-state index contributed by atoms with van der Waals surface area (Å²) in [7, 11) is 0. The minimum Gasteiger partial charge on any atom is -0.504 e. The standard InChI is InChI=1S/C20H23NO2.ClH/c1-3-7-21-8-6-14-9-12(2)10-15-18(14)16(21)11-13-4-5-17(22)20(23)19(13)15;/h4-5,9-10,16,22-23H,3,6-8,11H2,1-2H3;1H. The third-order valence-electron chi connectivity index (χ3n) is 5.29. The predicted molar refractivity (Wildman–Crippen MR) is 99.2 cm³/mol. The van der Waals surface area contributed by atoms with Crippen molar-refractivity contribution in [3.63, 3.8) is 0 Å². The molecule has 2 aromatic carbocycles. The van der Waals surface area contributed by atoms with Gasteiger partial charge in [-0.05, 0) is 61.1 Å². The summed E-state index contributed by atoms with van der Waals surface area (Å²) in [5.74, 6) is 0.0000415. The monoisotopic (exact) mass is 345 g/mol. The second-order valence-electron chi connectivity index (χ2n) is 6.86. The van der Waals surface area contributed by atoms with Crippen LogP contribution in [-0.2, 0) is 12.8 Å². The molecule has 0 spiro atoms. The first-order valence-corrected chi connectivity index (χ1v) is 8.51. The van der Waals surface area contributed by atoms with E-state index in [0.29, 0.717) is 6.04 Å². The minimum absolute atomic E-state index is 0. The molecule has 1 unspecified atom stereocenters. The van der Waals surface area contributed by atoms with Crippen LogP contribution in [0.4, 0.5) is 0 Å². The first kappa shape index (κ1) is 17.1. The van der Waals surface area contributed by atoms with Crippen molar-refractivity contribution >= 4 is 12.4 Å². The van der Waals surface area contributed by atoms with Gasteiger partial charge in [-0.1, -0.05) is 30.7 Å². The summed E-state index contributed by atoms with van der Waals surface area (Å²) < 4.78 is 0. The fourth-order valence-electron chi connectivity index (χ4n) is 4.37. The van der Waals surface area contributed by atoms with E-state index in [1.807, 2.05) is 6.07 Å². The lowest BCUT2D eigenvalue weighted by Crippen LogP contribution is -2.38. The molecule has 128 valence electrons. The van der Waals surface area contributed by atoms with Crippen molar-refractivity contribution in [2.24, 2.45) is 0 Å². The fourth-order valence-corrected chi connectivity index (χ4v) is 4.37. The van der Waals surface area contributed by atoms with Crippen LogP contribution in [0, 0.1) is 6.92 Å². The zero-order valence-electron chi connectivity index (χ0n) is 14.2. The van der Waals surface area contributed by atoms with Crippen molar-refractivity contribution in [2.45, 2.75) is 39.2 Å². The summed E-state index contributed by atoms with van der Waals surface area (Å²) in [5.41, 5.74) is 7.07. The van der Waals surface area contributed by atoms with Crippen molar-refractivity contribution in [3.8, 4) is 22.6 Å². The van der Waals surface area contributed by atoms with Crippen molar-refractivity contribution < 1.29 is 10.2 Å². The Kier molecular flexibility index (Phi) is 4.50. The molecule has 2 aliphatic rings. The molecule has 0 saturated heterocycles. The van der Waals surface area contributed by atoms with Gasteiger partial charge in [-0.15, -0.1) is 12.4 Å². The van der Waals surface area contributed by atoms with Gasteiger partial charge < -0.3 is 10.2 Å². The number of nitrogens with zero attached hydrogens (tertiary/aromatic N) is 1. The van der Waals surface area contributed by atoms with E-state index in [0.717, 1.165) is 49.0 Å². The molecule has 0 amide bonds. The third-order valence-corrected chi connectivity index (χ3v) is 5.29. The van der Waals surface area contributed by atoms with Gasteiger partial charge in [-0.3, -0.25) is 4.90 Å². The molecule has 0 radical (unpaired) electrons. The van der Waals surface area contributed by atoms with Crippen LogP contribution in [0.3, 0.4) is 0 Å². The average molecular weight is 346 g/mol. The molecule has 0 fully saturated rings. The van der Waals surface area contributed by atoms with Crippen LogP contribution < -0.4 is 0 Å². The first-order valence-electron chi connectivity index (χ1n) is 8.51. The van der Waals surface area contributed by atoms with E-state index in [-0.39, 0.29) is 23.9 Å². The fraction of sp³-hybridized carbons (Fsp3) is 0.400. The van der Waals surface area contributed by atoms with Crippen LogP contribution >= 0.6 is 12.4 Å². The number of benzene rings is 2. The van der Waals surface area contributed by atoms with E-state index in [1.165, 1.54) is 16.7 Å². The molecular weight excluding hydrogens is 322 g/mol. The van der Waals surface area contributed by atoms with E-state index in [4.69, 9.17) is 0 Å². The van der Waals surface area contributed by atoms with Gasteiger partial charge in [-0.25, -0.2) is 0 Å². The van der Waals surface area contributed by atoms with E-state index in [2.05, 4.69) is 30.9 Å². The molecule has 1 atom stereocenters. The highest BCUT2D eigenvalue weighted by atomic mass is 35.5. The van der Waals surface area contributed by atoms with Gasteiger partial charge in [0, 0.05) is 18.2 Å². The summed E-state index contributed by atoms with van der Waals surface area (Å²) in [6.45, 7) is 6.55. The van der Waals surface area contributed by atoms with Crippen LogP contribution in [0.25, 0.3) is 11.1 Å². The van der Waals surface area contributed by atoms with Crippen LogP contribution in [0.15, 0.2) is 24.3 Å². The maximum atomic E-state index is 10.5. The number of phenols is 2. The predicted octanol–water partition coefficient (Wildman–Crippen LogP) is 4.36. The van der Waals surface area contributed by atoms with Gasteiger partial charge in [0.1, 0.15) is 0 Å². The Bertz CT molecular complexity index is 788. The Morgan fingerprint density at radius 2 is 1.96 bits per heavy atom. The van der Waals surface area contributed by atoms with E-state index in [1.54, 1.807) is 6.07 Å². The summed E-state index contributed by atoms with van der Waals surface area (Å²) >= 11 is 0. The molecule has 1 aliphatic heterocycles. The Hall–Kier alpha value is -1.71. The van der Waals surface area contributed by atoms with Crippen molar-refractivity contribution in [1.82, 2.24) is 4.90 Å². The molecule has 2 aromatic rings. The Morgan fingerprint density at radius 3 is 2.71 bits per heavy atom. The van der Waals surface area contributed by atoms with Crippen LogP contribution in [0.5, 0.6) is 11.5 Å². The maximum Gasteiger partial charge on any atom is 0.165 e. The van der Waals surface area contributed by atoms with Crippen LogP contribution in [0.1, 0.15) is 41.6 Å². The summed E-state index contributed by atoms with van der Waals surface area (Å²) in [6, 6.07) is 8.43. The normalized spacial score (nSPS) is 18.5. The second kappa shape index (κ2) is 6.30. The van der Waals surface area contributed by atoms with E-state index < -0.39 is 0 Å². The first-order chi connectivity index (χ1) is 11.1. The number of phenolic OH excluding ortho intramolecular Hbond substituents is 2. The van der Waals surface area contributed by atoms with Crippen LogP contribution in [0.2, 0.25) is 0 Å². The van der Waals surface area contributed by atoms with Crippen LogP contribution in [-0.4, -0.2) is 28.2 Å². The van der Waals surface area contributed by atoms with Gasteiger partial charge in [0.05, 0.1) is 0 Å². The number of fused-ring (bicyclic) bond motifs is 2. The van der Waals surface area contributed by atoms with Gasteiger partial charge in [0.25, 0.3) is 0 Å². The van der Waals surface area contributed by atoms with Gasteiger partial charge >= 0.3 is 0 Å². The SMILES string of the molecule is CCCN1CCc2cc(C)cc3c2C1Cc1ccc(O)c(O)c1-3.Cl. The van der Waals surface area contributed by atoms with Gasteiger partial charge in [-0.2, -0.15) is 0 Å². The molecule has 0 bridgehead atoms. The molecule has 0 aromatic heterocycles. The van der Waals surface area contributed by atoms with E-state index in [9.17, 15) is 10.2 Å². The number of aromatic hydroxyl groups is 2. The largest absolute Gasteiger partial charge is 0.504 e. The van der Waals surface area contributed by atoms with Crippen molar-refractivity contribution in [2.75, 3.05) is 13.1 Å². The summed E-state index contributed by atoms with van der Waals surface area (Å²) in [6.07, 6.45) is 3.13. The van der Waals surface area contributed by atoms with Gasteiger partial charge in [0.2, 0.25) is 0 Å². The number of hydrogen-bond acceptors (Lipinski definition) is 3. The lowest BCUT2D eigenvalue weighted by Gasteiger charge is -2.42. The summed E-state index contributed by atoms with van der Waals surface area (Å²) in [4.78, 5) is 2.58. The van der Waals surface area contributed by atoms with Crippen molar-refractivity contribution in [1.29, 1.82) is 0 Å². The second-order valence-corrected chi connectivity index (χ2v) is 6.86. The number of rotatable bonds is 2. The minimum atomic E-state index is -0.0290. The van der Waals surface area contributed by atoms with Crippen molar-refractivity contribution in [3.05, 3.63) is 46.5 Å². The molecule has 0 saturated carbocycles. The highest BCUT2D eigenvalue weighted by Gasteiger charge is 2.35. The molecular formula is C20H24ClNO2. The Balaban J connectivity index is 0.00000169. The zero-order chi connectivity index (χ0) is 16.1. The third kappa shape index (κ3) is 2.47. The highest BCUT2D eigenvalue weighted by Crippen LogP contribution is 2.50.